The van der Waals surface area contributed by atoms with Crippen molar-refractivity contribution in [2.24, 2.45) is 0 Å². The molecule has 3 heterocycles. The van der Waals surface area contributed by atoms with Gasteiger partial charge < -0.3 is 18.6 Å². The molecule has 2 aliphatic rings. The fraction of sp³-hybridized carbons (Fsp3) is 0.267. The van der Waals surface area contributed by atoms with Crippen LogP contribution < -0.4 is 14.2 Å². The van der Waals surface area contributed by atoms with Crippen LogP contribution >= 0.6 is 0 Å². The maximum absolute atomic E-state index is 11.8. The minimum Gasteiger partial charge on any atom is -0.466 e. The summed E-state index contributed by atoms with van der Waals surface area (Å²) in [6.07, 6.45) is 0.263. The summed E-state index contributed by atoms with van der Waals surface area (Å²) in [6, 6.07) is 7.36. The number of esters is 1. The zero-order chi connectivity index (χ0) is 13.7. The second-order valence-electron chi connectivity index (χ2n) is 4.92. The molecule has 1 atom stereocenters. The van der Waals surface area contributed by atoms with Crippen LogP contribution in [-0.4, -0.2) is 12.8 Å². The van der Waals surface area contributed by atoms with E-state index in [4.69, 9.17) is 18.6 Å². The van der Waals surface area contributed by atoms with Crippen molar-refractivity contribution in [3.63, 3.8) is 0 Å². The molecule has 0 N–H and O–H groups in total. The van der Waals surface area contributed by atoms with Gasteiger partial charge in [0, 0.05) is 11.6 Å². The zero-order valence-electron chi connectivity index (χ0n) is 10.8. The van der Waals surface area contributed by atoms with Gasteiger partial charge in [-0.2, -0.15) is 0 Å². The number of ether oxygens (including phenoxy) is 3. The fourth-order valence-corrected chi connectivity index (χ4v) is 2.64. The topological polar surface area (TPSA) is 57.9 Å². The highest BCUT2D eigenvalue weighted by molar-refractivity contribution is 5.78. The van der Waals surface area contributed by atoms with E-state index in [1.165, 1.54) is 0 Å². The van der Waals surface area contributed by atoms with Gasteiger partial charge in [0.25, 0.3) is 0 Å². The lowest BCUT2D eigenvalue weighted by Crippen LogP contribution is -2.20. The van der Waals surface area contributed by atoms with Crippen molar-refractivity contribution in [3.8, 4) is 17.2 Å². The average Bonchev–Trinajstić information content (AvgIpc) is 3.03. The Morgan fingerprint density at radius 3 is 2.65 bits per heavy atom. The Balaban J connectivity index is 1.85. The highest BCUT2D eigenvalue weighted by Crippen LogP contribution is 2.46. The van der Waals surface area contributed by atoms with E-state index in [-0.39, 0.29) is 25.1 Å². The van der Waals surface area contributed by atoms with E-state index in [1.807, 2.05) is 25.1 Å². The van der Waals surface area contributed by atoms with Crippen LogP contribution in [0, 0.1) is 6.92 Å². The van der Waals surface area contributed by atoms with Crippen LogP contribution in [0.3, 0.4) is 0 Å². The molecule has 0 saturated carbocycles. The molecule has 0 fully saturated rings. The van der Waals surface area contributed by atoms with Crippen LogP contribution in [-0.2, 0) is 4.79 Å². The van der Waals surface area contributed by atoms with Crippen LogP contribution in [0.25, 0.3) is 0 Å². The second kappa shape index (κ2) is 4.03. The summed E-state index contributed by atoms with van der Waals surface area (Å²) in [5.74, 6) is 2.97. The molecule has 20 heavy (non-hydrogen) atoms. The summed E-state index contributed by atoms with van der Waals surface area (Å²) in [6.45, 7) is 2.07. The van der Waals surface area contributed by atoms with Gasteiger partial charge in [-0.3, -0.25) is 4.79 Å². The third kappa shape index (κ3) is 1.66. The van der Waals surface area contributed by atoms with Crippen molar-refractivity contribution in [1.29, 1.82) is 0 Å². The number of hydrogen-bond acceptors (Lipinski definition) is 5. The van der Waals surface area contributed by atoms with Gasteiger partial charge in [0.05, 0.1) is 12.3 Å². The SMILES string of the molecule is Cc1ccc(C2CC(=O)Oc3cc4c(cc32)OCO4)o1. The Morgan fingerprint density at radius 2 is 1.90 bits per heavy atom. The largest absolute Gasteiger partial charge is 0.466 e. The van der Waals surface area contributed by atoms with Crippen molar-refractivity contribution in [1.82, 2.24) is 0 Å². The number of furan rings is 1. The normalized spacial score (nSPS) is 19.6. The molecule has 4 rings (SSSR count). The second-order valence-corrected chi connectivity index (χ2v) is 4.92. The van der Waals surface area contributed by atoms with Crippen molar-refractivity contribution < 1.29 is 23.4 Å². The number of carbonyl (C=O) groups is 1. The monoisotopic (exact) mass is 272 g/mol. The van der Waals surface area contributed by atoms with Gasteiger partial charge in [-0.15, -0.1) is 0 Å². The van der Waals surface area contributed by atoms with Gasteiger partial charge in [0.15, 0.2) is 11.5 Å². The highest BCUT2D eigenvalue weighted by atomic mass is 16.7. The van der Waals surface area contributed by atoms with E-state index in [0.717, 1.165) is 17.1 Å². The lowest BCUT2D eigenvalue weighted by atomic mass is 9.90. The summed E-state index contributed by atoms with van der Waals surface area (Å²) >= 11 is 0. The fourth-order valence-electron chi connectivity index (χ4n) is 2.64. The van der Waals surface area contributed by atoms with E-state index in [0.29, 0.717) is 17.2 Å². The van der Waals surface area contributed by atoms with Gasteiger partial charge >= 0.3 is 5.97 Å². The van der Waals surface area contributed by atoms with Crippen LogP contribution in [0.1, 0.15) is 29.4 Å². The summed E-state index contributed by atoms with van der Waals surface area (Å²) in [5.41, 5.74) is 0.892. The quantitative estimate of drug-likeness (QED) is 0.590. The first-order valence-electron chi connectivity index (χ1n) is 6.41. The molecule has 0 bridgehead atoms. The molecule has 1 aromatic carbocycles. The van der Waals surface area contributed by atoms with Gasteiger partial charge in [-0.25, -0.2) is 0 Å². The molecule has 0 aliphatic carbocycles. The predicted octanol–water partition coefficient (Wildman–Crippen LogP) is 2.76. The van der Waals surface area contributed by atoms with E-state index >= 15 is 0 Å². The first kappa shape index (κ1) is 11.4. The maximum Gasteiger partial charge on any atom is 0.312 e. The molecule has 2 aliphatic heterocycles. The molecular formula is C15H12O5. The van der Waals surface area contributed by atoms with Crippen molar-refractivity contribution in [2.75, 3.05) is 6.79 Å². The maximum atomic E-state index is 11.8. The molecule has 102 valence electrons. The van der Waals surface area contributed by atoms with Gasteiger partial charge in [0.1, 0.15) is 17.3 Å². The lowest BCUT2D eigenvalue weighted by Gasteiger charge is -2.23. The Bertz CT molecular complexity index is 700. The number of hydrogen-bond donors (Lipinski definition) is 0. The summed E-state index contributed by atoms with van der Waals surface area (Å²) < 4.78 is 21.7. The molecule has 1 unspecified atom stereocenters. The van der Waals surface area contributed by atoms with Crippen LogP contribution in [0.15, 0.2) is 28.7 Å². The van der Waals surface area contributed by atoms with E-state index in [2.05, 4.69) is 0 Å². The minimum absolute atomic E-state index is 0.144. The average molecular weight is 272 g/mol. The first-order chi connectivity index (χ1) is 9.70. The molecule has 1 aromatic heterocycles. The lowest BCUT2D eigenvalue weighted by molar-refractivity contribution is -0.135. The molecule has 0 saturated heterocycles. The highest BCUT2D eigenvalue weighted by Gasteiger charge is 2.33. The Morgan fingerprint density at radius 1 is 1.10 bits per heavy atom. The minimum atomic E-state index is -0.268. The van der Waals surface area contributed by atoms with E-state index in [9.17, 15) is 4.79 Å². The Hall–Kier alpha value is -2.43. The molecule has 5 nitrogen and oxygen atoms in total. The standard InChI is InChI=1S/C15H12O5/c1-8-2-3-11(19-8)10-5-15(16)20-12-6-14-13(4-9(10)12)17-7-18-14/h2-4,6,10H,5,7H2,1H3. The first-order valence-corrected chi connectivity index (χ1v) is 6.41. The van der Waals surface area contributed by atoms with Crippen molar-refractivity contribution >= 4 is 5.97 Å². The molecular weight excluding hydrogens is 260 g/mol. The number of benzene rings is 1. The van der Waals surface area contributed by atoms with Crippen molar-refractivity contribution in [2.45, 2.75) is 19.3 Å². The van der Waals surface area contributed by atoms with Crippen LogP contribution in [0.4, 0.5) is 0 Å². The Kier molecular flexibility index (Phi) is 2.30. The number of aryl methyl sites for hydroxylation is 1. The molecule has 0 spiro atoms. The summed E-state index contributed by atoms with van der Waals surface area (Å²) in [5, 5.41) is 0. The zero-order valence-corrected chi connectivity index (χ0v) is 10.8. The molecule has 0 radical (unpaired) electrons. The van der Waals surface area contributed by atoms with Crippen LogP contribution in [0.2, 0.25) is 0 Å². The number of rotatable bonds is 1. The van der Waals surface area contributed by atoms with Crippen LogP contribution in [0.5, 0.6) is 17.2 Å². The van der Waals surface area contributed by atoms with Gasteiger partial charge in [-0.1, -0.05) is 0 Å². The molecule has 2 aromatic rings. The third-order valence-corrected chi connectivity index (χ3v) is 3.58. The van der Waals surface area contributed by atoms with E-state index in [1.54, 1.807) is 6.07 Å². The van der Waals surface area contributed by atoms with Gasteiger partial charge in [-0.05, 0) is 25.1 Å². The molecule has 0 amide bonds. The Labute approximate surface area is 115 Å². The predicted molar refractivity (Wildman–Crippen MR) is 68.1 cm³/mol. The third-order valence-electron chi connectivity index (χ3n) is 3.58. The van der Waals surface area contributed by atoms with E-state index < -0.39 is 0 Å². The van der Waals surface area contributed by atoms with Crippen molar-refractivity contribution in [3.05, 3.63) is 41.3 Å². The number of fused-ring (bicyclic) bond motifs is 2. The smallest absolute Gasteiger partial charge is 0.312 e. The number of carbonyl (C=O) groups excluding carboxylic acids is 1. The summed E-state index contributed by atoms with van der Waals surface area (Å²) in [7, 11) is 0. The van der Waals surface area contributed by atoms with Gasteiger partial charge in [0.2, 0.25) is 6.79 Å². The molecule has 5 heteroatoms. The summed E-state index contributed by atoms with van der Waals surface area (Å²) in [4.78, 5) is 11.8.